The van der Waals surface area contributed by atoms with Gasteiger partial charge in [-0.1, -0.05) is 36.4 Å². The maximum atomic E-state index is 13.1. The minimum absolute atomic E-state index is 0.285. The highest BCUT2D eigenvalue weighted by Gasteiger charge is 2.30. The highest BCUT2D eigenvalue weighted by atomic mass is 19.1. The zero-order valence-corrected chi connectivity index (χ0v) is 19.0. The molecule has 3 aromatic carbocycles. The number of nitrogens with zero attached hydrogens (tertiary/aromatic N) is 1. The quantitative estimate of drug-likeness (QED) is 0.545. The van der Waals surface area contributed by atoms with Crippen LogP contribution in [-0.4, -0.2) is 42.7 Å². The minimum atomic E-state index is -1.12. The van der Waals surface area contributed by atoms with E-state index in [1.54, 1.807) is 13.8 Å². The van der Waals surface area contributed by atoms with E-state index < -0.39 is 5.60 Å². The van der Waals surface area contributed by atoms with Crippen LogP contribution >= 0.6 is 0 Å². The summed E-state index contributed by atoms with van der Waals surface area (Å²) in [6.45, 7) is 7.84. The molecule has 172 valence electrons. The minimum Gasteiger partial charge on any atom is -0.478 e. The van der Waals surface area contributed by atoms with E-state index in [0.29, 0.717) is 11.4 Å². The predicted molar refractivity (Wildman–Crippen MR) is 128 cm³/mol. The Labute approximate surface area is 194 Å². The van der Waals surface area contributed by atoms with Crippen LogP contribution in [0.15, 0.2) is 72.8 Å². The molecule has 0 bridgehead atoms. The van der Waals surface area contributed by atoms with Crippen LogP contribution in [0.4, 0.5) is 10.1 Å². The van der Waals surface area contributed by atoms with E-state index in [0.717, 1.165) is 44.0 Å². The number of carbonyl (C=O) groups is 1. The molecule has 1 amide bonds. The second-order valence-electron chi connectivity index (χ2n) is 8.68. The fourth-order valence-electron chi connectivity index (χ4n) is 3.69. The number of anilines is 1. The van der Waals surface area contributed by atoms with Gasteiger partial charge in [-0.25, -0.2) is 4.39 Å². The van der Waals surface area contributed by atoms with Gasteiger partial charge in [-0.3, -0.25) is 9.69 Å². The molecule has 0 saturated carbocycles. The lowest BCUT2D eigenvalue weighted by Crippen LogP contribution is -2.42. The first kappa shape index (κ1) is 23.0. The van der Waals surface area contributed by atoms with E-state index in [9.17, 15) is 9.18 Å². The van der Waals surface area contributed by atoms with Crippen molar-refractivity contribution in [3.8, 4) is 16.9 Å². The zero-order chi connectivity index (χ0) is 23.3. The monoisotopic (exact) mass is 448 g/mol. The molecule has 1 saturated heterocycles. The van der Waals surface area contributed by atoms with Crippen molar-refractivity contribution in [3.63, 3.8) is 0 Å². The van der Waals surface area contributed by atoms with E-state index >= 15 is 0 Å². The Morgan fingerprint density at radius 2 is 1.52 bits per heavy atom. The lowest BCUT2D eigenvalue weighted by Gasteiger charge is -2.26. The summed E-state index contributed by atoms with van der Waals surface area (Å²) in [7, 11) is 0. The van der Waals surface area contributed by atoms with Crippen LogP contribution in [0.25, 0.3) is 11.1 Å². The molecule has 1 fully saturated rings. The topological polar surface area (TPSA) is 50.8 Å². The Bertz CT molecular complexity index is 1060. The van der Waals surface area contributed by atoms with E-state index in [1.807, 2.05) is 24.3 Å². The summed E-state index contributed by atoms with van der Waals surface area (Å²) >= 11 is 0. The van der Waals surface area contributed by atoms with Crippen molar-refractivity contribution >= 4 is 11.6 Å². The standard InChI is InChI=1S/C27H29FN2O3/c1-27(2,33-25-13-9-23(28)10-14-25)26(31)29-24-11-7-22(8-12-24)21-5-3-20(4-6-21)19-30-15-17-32-18-16-30/h3-14H,15-19H2,1-2H3,(H,29,31). The van der Waals surface area contributed by atoms with Crippen LogP contribution in [0.2, 0.25) is 0 Å². The van der Waals surface area contributed by atoms with Gasteiger partial charge in [-0.15, -0.1) is 0 Å². The maximum absolute atomic E-state index is 13.1. The lowest BCUT2D eigenvalue weighted by molar-refractivity contribution is -0.128. The van der Waals surface area contributed by atoms with Gasteiger partial charge in [0.1, 0.15) is 11.6 Å². The number of hydrogen-bond acceptors (Lipinski definition) is 4. The summed E-state index contributed by atoms with van der Waals surface area (Å²) in [5.41, 5.74) is 3.05. The summed E-state index contributed by atoms with van der Waals surface area (Å²) in [5.74, 6) is -0.201. The SMILES string of the molecule is CC(C)(Oc1ccc(F)cc1)C(=O)Nc1ccc(-c2ccc(CN3CCOCC3)cc2)cc1. The number of benzene rings is 3. The number of rotatable bonds is 7. The fourth-order valence-corrected chi connectivity index (χ4v) is 3.69. The third-order valence-electron chi connectivity index (χ3n) is 5.67. The molecule has 0 atom stereocenters. The number of hydrogen-bond donors (Lipinski definition) is 1. The molecule has 0 spiro atoms. The van der Waals surface area contributed by atoms with Crippen molar-refractivity contribution < 1.29 is 18.7 Å². The molecule has 4 rings (SSSR count). The maximum Gasteiger partial charge on any atom is 0.267 e. The van der Waals surface area contributed by atoms with E-state index in [2.05, 4.69) is 34.5 Å². The van der Waals surface area contributed by atoms with Gasteiger partial charge in [0.25, 0.3) is 5.91 Å². The first-order chi connectivity index (χ1) is 15.9. The Balaban J connectivity index is 1.35. The van der Waals surface area contributed by atoms with Gasteiger partial charge in [-0.05, 0) is 66.9 Å². The van der Waals surface area contributed by atoms with E-state index in [4.69, 9.17) is 9.47 Å². The summed E-state index contributed by atoms with van der Waals surface area (Å²) in [5, 5.41) is 2.89. The molecule has 5 nitrogen and oxygen atoms in total. The van der Waals surface area contributed by atoms with Crippen molar-refractivity contribution in [1.82, 2.24) is 4.90 Å². The molecule has 3 aromatic rings. The van der Waals surface area contributed by atoms with E-state index in [1.165, 1.54) is 29.8 Å². The van der Waals surface area contributed by atoms with Crippen LogP contribution in [0.3, 0.4) is 0 Å². The summed E-state index contributed by atoms with van der Waals surface area (Å²) in [6.07, 6.45) is 0. The average molecular weight is 449 g/mol. The number of morpholine rings is 1. The van der Waals surface area contributed by atoms with Gasteiger partial charge < -0.3 is 14.8 Å². The fraction of sp³-hybridized carbons (Fsp3) is 0.296. The molecule has 0 radical (unpaired) electrons. The molecular weight excluding hydrogens is 419 g/mol. The molecule has 1 aliphatic rings. The molecule has 0 aromatic heterocycles. The zero-order valence-electron chi connectivity index (χ0n) is 19.0. The Hall–Kier alpha value is -3.22. The van der Waals surface area contributed by atoms with Gasteiger partial charge in [0.2, 0.25) is 0 Å². The van der Waals surface area contributed by atoms with Gasteiger partial charge in [0.05, 0.1) is 13.2 Å². The van der Waals surface area contributed by atoms with Gasteiger partial charge in [0.15, 0.2) is 5.60 Å². The number of nitrogens with one attached hydrogen (secondary N) is 1. The Morgan fingerprint density at radius 3 is 2.12 bits per heavy atom. The highest BCUT2D eigenvalue weighted by Crippen LogP contribution is 2.24. The van der Waals surface area contributed by atoms with Gasteiger partial charge >= 0.3 is 0 Å². The van der Waals surface area contributed by atoms with Crippen molar-refractivity contribution in [2.24, 2.45) is 0 Å². The third kappa shape index (κ3) is 6.18. The third-order valence-corrected chi connectivity index (χ3v) is 5.67. The summed E-state index contributed by atoms with van der Waals surface area (Å²) in [6, 6.07) is 21.9. The van der Waals surface area contributed by atoms with Crippen molar-refractivity contribution in [3.05, 3.63) is 84.2 Å². The molecular formula is C27H29FN2O3. The van der Waals surface area contributed by atoms with Crippen molar-refractivity contribution in [2.75, 3.05) is 31.6 Å². The van der Waals surface area contributed by atoms with Crippen LogP contribution in [-0.2, 0) is 16.1 Å². The van der Waals surface area contributed by atoms with Crippen LogP contribution in [0, 0.1) is 5.82 Å². The molecule has 1 N–H and O–H groups in total. The normalized spacial score (nSPS) is 14.6. The number of carbonyl (C=O) groups excluding carboxylic acids is 1. The second kappa shape index (κ2) is 10.1. The molecule has 1 aliphatic heterocycles. The van der Waals surface area contributed by atoms with E-state index in [-0.39, 0.29) is 11.7 Å². The molecule has 1 heterocycles. The Morgan fingerprint density at radius 1 is 0.939 bits per heavy atom. The average Bonchev–Trinajstić information content (AvgIpc) is 2.82. The molecule has 6 heteroatoms. The number of ether oxygens (including phenoxy) is 2. The van der Waals surface area contributed by atoms with Crippen LogP contribution < -0.4 is 10.1 Å². The molecule has 0 aliphatic carbocycles. The first-order valence-electron chi connectivity index (χ1n) is 11.1. The molecule has 0 unspecified atom stereocenters. The number of halogens is 1. The molecule has 33 heavy (non-hydrogen) atoms. The summed E-state index contributed by atoms with van der Waals surface area (Å²) in [4.78, 5) is 15.1. The Kier molecular flexibility index (Phi) is 7.06. The lowest BCUT2D eigenvalue weighted by atomic mass is 10.0. The summed E-state index contributed by atoms with van der Waals surface area (Å²) < 4.78 is 24.3. The van der Waals surface area contributed by atoms with Gasteiger partial charge in [0, 0.05) is 25.3 Å². The highest BCUT2D eigenvalue weighted by molar-refractivity contribution is 5.97. The van der Waals surface area contributed by atoms with Crippen LogP contribution in [0.5, 0.6) is 5.75 Å². The van der Waals surface area contributed by atoms with Crippen molar-refractivity contribution in [1.29, 1.82) is 0 Å². The second-order valence-corrected chi connectivity index (χ2v) is 8.68. The van der Waals surface area contributed by atoms with Crippen molar-refractivity contribution in [2.45, 2.75) is 26.0 Å². The first-order valence-corrected chi connectivity index (χ1v) is 11.1. The largest absolute Gasteiger partial charge is 0.478 e. The predicted octanol–water partition coefficient (Wildman–Crippen LogP) is 5.12. The van der Waals surface area contributed by atoms with Gasteiger partial charge in [-0.2, -0.15) is 0 Å². The smallest absolute Gasteiger partial charge is 0.267 e. The number of amides is 1. The van der Waals surface area contributed by atoms with Crippen LogP contribution in [0.1, 0.15) is 19.4 Å².